The lowest BCUT2D eigenvalue weighted by molar-refractivity contribution is 0.242. The molecule has 124 valence electrons. The van der Waals surface area contributed by atoms with Gasteiger partial charge in [0.1, 0.15) is 15.6 Å². The summed E-state index contributed by atoms with van der Waals surface area (Å²) < 4.78 is 11.5. The van der Waals surface area contributed by atoms with Crippen LogP contribution < -0.4 is 9.47 Å². The standard InChI is InChI=1S/C19H23IO2S/c1-14(2)21-18-8-4-16(5-9-18)12-23-13-17-6-10-19(11-7-17)22-15(3)20/h4-11,14-15H,12-13H2,1-3H3. The first-order chi connectivity index (χ1) is 11.0. The number of halogens is 1. The van der Waals surface area contributed by atoms with Crippen molar-refractivity contribution < 1.29 is 9.47 Å². The van der Waals surface area contributed by atoms with E-state index in [1.807, 2.05) is 56.8 Å². The lowest BCUT2D eigenvalue weighted by Crippen LogP contribution is -2.05. The number of thioether (sulfide) groups is 1. The van der Waals surface area contributed by atoms with E-state index >= 15 is 0 Å². The SMILES string of the molecule is CC(C)Oc1ccc(CSCc2ccc(OC(C)I)cc2)cc1. The van der Waals surface area contributed by atoms with Gasteiger partial charge in [-0.05, 0) is 78.8 Å². The first-order valence-electron chi connectivity index (χ1n) is 7.76. The summed E-state index contributed by atoms with van der Waals surface area (Å²) in [4.78, 5) is 0. The molecule has 2 aromatic carbocycles. The Morgan fingerprint density at radius 1 is 0.783 bits per heavy atom. The third-order valence-electron chi connectivity index (χ3n) is 3.05. The molecule has 0 aliphatic heterocycles. The smallest absolute Gasteiger partial charge is 0.146 e. The van der Waals surface area contributed by atoms with Gasteiger partial charge in [-0.25, -0.2) is 0 Å². The predicted molar refractivity (Wildman–Crippen MR) is 108 cm³/mol. The fourth-order valence-electron chi connectivity index (χ4n) is 2.07. The summed E-state index contributed by atoms with van der Waals surface area (Å²) in [5.74, 6) is 3.88. The fraction of sp³-hybridized carbons (Fsp3) is 0.368. The van der Waals surface area contributed by atoms with Crippen LogP contribution in [0.4, 0.5) is 0 Å². The zero-order chi connectivity index (χ0) is 16.7. The average molecular weight is 442 g/mol. The third kappa shape index (κ3) is 7.04. The van der Waals surface area contributed by atoms with Crippen molar-refractivity contribution in [2.24, 2.45) is 0 Å². The maximum atomic E-state index is 5.66. The van der Waals surface area contributed by atoms with Crippen LogP contribution in [0.25, 0.3) is 0 Å². The molecule has 2 aromatic rings. The van der Waals surface area contributed by atoms with Crippen molar-refractivity contribution in [3.8, 4) is 11.5 Å². The Morgan fingerprint density at radius 2 is 1.22 bits per heavy atom. The van der Waals surface area contributed by atoms with E-state index in [0.29, 0.717) is 0 Å². The molecule has 0 amide bonds. The molecule has 23 heavy (non-hydrogen) atoms. The Hall–Kier alpha value is -0.880. The van der Waals surface area contributed by atoms with Crippen molar-refractivity contribution in [3.05, 3.63) is 59.7 Å². The number of hydrogen-bond acceptors (Lipinski definition) is 3. The zero-order valence-electron chi connectivity index (χ0n) is 13.8. The molecular weight excluding hydrogens is 419 g/mol. The minimum absolute atomic E-state index is 0.190. The number of ether oxygens (including phenoxy) is 2. The van der Waals surface area contributed by atoms with Crippen LogP contribution in [0, 0.1) is 0 Å². The molecule has 2 nitrogen and oxygen atoms in total. The lowest BCUT2D eigenvalue weighted by Gasteiger charge is -2.10. The van der Waals surface area contributed by atoms with Crippen molar-refractivity contribution in [2.45, 2.75) is 42.5 Å². The first-order valence-corrected chi connectivity index (χ1v) is 10.2. The number of hydrogen-bond donors (Lipinski definition) is 0. The molecule has 0 spiro atoms. The summed E-state index contributed by atoms with van der Waals surface area (Å²) in [7, 11) is 0. The first kappa shape index (κ1) is 18.5. The Balaban J connectivity index is 1.78. The maximum Gasteiger partial charge on any atom is 0.146 e. The summed E-state index contributed by atoms with van der Waals surface area (Å²) in [5.41, 5.74) is 2.65. The van der Waals surface area contributed by atoms with Crippen molar-refractivity contribution in [2.75, 3.05) is 0 Å². The van der Waals surface area contributed by atoms with Gasteiger partial charge in [0.05, 0.1) is 6.10 Å². The number of rotatable bonds is 8. The van der Waals surface area contributed by atoms with Crippen LogP contribution in [0.5, 0.6) is 11.5 Å². The normalized spacial score (nSPS) is 12.2. The highest BCUT2D eigenvalue weighted by Crippen LogP contribution is 2.22. The van der Waals surface area contributed by atoms with Gasteiger partial charge in [-0.3, -0.25) is 0 Å². The minimum atomic E-state index is 0.190. The van der Waals surface area contributed by atoms with E-state index in [4.69, 9.17) is 9.47 Å². The Kier molecular flexibility index (Phi) is 7.56. The molecule has 0 saturated carbocycles. The Bertz CT molecular complexity index is 526. The largest absolute Gasteiger partial charge is 0.491 e. The van der Waals surface area contributed by atoms with Crippen LogP contribution in [0.15, 0.2) is 48.5 Å². The van der Waals surface area contributed by atoms with Gasteiger partial charge in [0, 0.05) is 11.5 Å². The maximum absolute atomic E-state index is 5.66. The summed E-state index contributed by atoms with van der Waals surface area (Å²) in [5, 5.41) is 0. The molecule has 0 aromatic heterocycles. The van der Waals surface area contributed by atoms with E-state index in [-0.39, 0.29) is 10.2 Å². The molecule has 1 atom stereocenters. The van der Waals surface area contributed by atoms with E-state index in [0.717, 1.165) is 23.0 Å². The second-order valence-electron chi connectivity index (χ2n) is 5.61. The van der Waals surface area contributed by atoms with Gasteiger partial charge < -0.3 is 9.47 Å². The molecule has 0 N–H and O–H groups in total. The van der Waals surface area contributed by atoms with Gasteiger partial charge in [0.15, 0.2) is 0 Å². The molecule has 0 radical (unpaired) electrons. The Labute approximate surface area is 157 Å². The molecule has 2 rings (SSSR count). The Morgan fingerprint density at radius 3 is 1.61 bits per heavy atom. The van der Waals surface area contributed by atoms with Crippen molar-refractivity contribution in [1.29, 1.82) is 0 Å². The molecular formula is C19H23IO2S. The summed E-state index contributed by atoms with van der Waals surface area (Å²) >= 11 is 4.17. The van der Waals surface area contributed by atoms with E-state index in [9.17, 15) is 0 Å². The summed E-state index contributed by atoms with van der Waals surface area (Å²) in [6.07, 6.45) is 0.220. The van der Waals surface area contributed by atoms with Gasteiger partial charge in [0.25, 0.3) is 0 Å². The van der Waals surface area contributed by atoms with Crippen LogP contribution in [-0.4, -0.2) is 10.2 Å². The second kappa shape index (κ2) is 9.42. The van der Waals surface area contributed by atoms with Gasteiger partial charge in [0.2, 0.25) is 0 Å². The fourth-order valence-corrected chi connectivity index (χ4v) is 3.33. The zero-order valence-corrected chi connectivity index (χ0v) is 16.8. The molecule has 0 aliphatic carbocycles. The van der Waals surface area contributed by atoms with Gasteiger partial charge in [-0.15, -0.1) is 0 Å². The van der Waals surface area contributed by atoms with E-state index < -0.39 is 0 Å². The van der Waals surface area contributed by atoms with Gasteiger partial charge in [-0.2, -0.15) is 11.8 Å². The molecule has 0 fully saturated rings. The van der Waals surface area contributed by atoms with Crippen molar-refractivity contribution in [3.63, 3.8) is 0 Å². The van der Waals surface area contributed by atoms with Gasteiger partial charge >= 0.3 is 0 Å². The lowest BCUT2D eigenvalue weighted by atomic mass is 10.2. The van der Waals surface area contributed by atoms with Crippen LogP contribution >= 0.6 is 34.4 Å². The second-order valence-corrected chi connectivity index (χ2v) is 8.35. The number of alkyl halides is 1. The average Bonchev–Trinajstić information content (AvgIpc) is 2.50. The summed E-state index contributed by atoms with van der Waals surface area (Å²) in [6, 6.07) is 16.8. The van der Waals surface area contributed by atoms with Crippen molar-refractivity contribution in [1.82, 2.24) is 0 Å². The van der Waals surface area contributed by atoms with Crippen LogP contribution in [0.3, 0.4) is 0 Å². The molecule has 0 heterocycles. The highest BCUT2D eigenvalue weighted by molar-refractivity contribution is 14.1. The highest BCUT2D eigenvalue weighted by atomic mass is 127. The summed E-state index contributed by atoms with van der Waals surface area (Å²) in [6.45, 7) is 6.11. The van der Waals surface area contributed by atoms with Crippen LogP contribution in [-0.2, 0) is 11.5 Å². The highest BCUT2D eigenvalue weighted by Gasteiger charge is 2.01. The van der Waals surface area contributed by atoms with Crippen molar-refractivity contribution >= 4 is 34.4 Å². The molecule has 0 bridgehead atoms. The topological polar surface area (TPSA) is 18.5 Å². The quantitative estimate of drug-likeness (QED) is 0.365. The molecule has 1 unspecified atom stereocenters. The monoisotopic (exact) mass is 442 g/mol. The van der Waals surface area contributed by atoms with E-state index in [2.05, 4.69) is 46.9 Å². The van der Waals surface area contributed by atoms with Crippen LogP contribution in [0.1, 0.15) is 31.9 Å². The van der Waals surface area contributed by atoms with E-state index in [1.54, 1.807) is 0 Å². The van der Waals surface area contributed by atoms with E-state index in [1.165, 1.54) is 11.1 Å². The molecule has 0 saturated heterocycles. The van der Waals surface area contributed by atoms with Crippen LogP contribution in [0.2, 0.25) is 0 Å². The molecule has 4 heteroatoms. The van der Waals surface area contributed by atoms with Gasteiger partial charge in [-0.1, -0.05) is 24.3 Å². The number of benzene rings is 2. The minimum Gasteiger partial charge on any atom is -0.491 e. The molecule has 0 aliphatic rings. The third-order valence-corrected chi connectivity index (χ3v) is 4.38. The predicted octanol–water partition coefficient (Wildman–Crippen LogP) is 6.07.